The van der Waals surface area contributed by atoms with Gasteiger partial charge in [0.1, 0.15) is 5.75 Å². The van der Waals surface area contributed by atoms with Crippen LogP contribution in [0.3, 0.4) is 0 Å². The number of anilines is 1. The normalized spacial score (nSPS) is 10.5. The lowest BCUT2D eigenvalue weighted by atomic mass is 10.2. The molecule has 102 valence electrons. The summed E-state index contributed by atoms with van der Waals surface area (Å²) in [6.07, 6.45) is 0. The van der Waals surface area contributed by atoms with Crippen molar-refractivity contribution in [1.29, 1.82) is 0 Å². The van der Waals surface area contributed by atoms with Crippen molar-refractivity contribution in [3.8, 4) is 11.4 Å². The molecule has 0 atom stereocenters. The molecule has 0 aliphatic heterocycles. The maximum atomic E-state index is 5.53. The molecule has 1 aromatic heterocycles. The van der Waals surface area contributed by atoms with Gasteiger partial charge in [-0.1, -0.05) is 6.07 Å². The van der Waals surface area contributed by atoms with E-state index in [4.69, 9.17) is 10.5 Å². The highest BCUT2D eigenvalue weighted by Crippen LogP contribution is 2.24. The first-order valence-electron chi connectivity index (χ1n) is 6.32. The number of nitrogens with zero attached hydrogens (tertiary/aromatic N) is 2. The third kappa shape index (κ3) is 2.71. The summed E-state index contributed by atoms with van der Waals surface area (Å²) >= 11 is 0. The molecule has 0 fully saturated rings. The molecule has 0 aliphatic rings. The Morgan fingerprint density at radius 1 is 1.37 bits per heavy atom. The maximum Gasteiger partial charge on any atom is 0.121 e. The second-order valence-electron chi connectivity index (χ2n) is 4.37. The number of aromatic nitrogens is 2. The van der Waals surface area contributed by atoms with Gasteiger partial charge in [0, 0.05) is 19.2 Å². The molecule has 0 aliphatic carbocycles. The number of hydrogen-bond donors (Lipinski definition) is 2. The molecule has 1 heterocycles. The molecular formula is C14H20N4O. The Labute approximate surface area is 113 Å². The first kappa shape index (κ1) is 13.4. The number of benzene rings is 1. The van der Waals surface area contributed by atoms with Crippen LogP contribution in [0, 0.1) is 13.8 Å². The van der Waals surface area contributed by atoms with Crippen molar-refractivity contribution < 1.29 is 4.74 Å². The highest BCUT2D eigenvalue weighted by molar-refractivity contribution is 5.55. The summed E-state index contributed by atoms with van der Waals surface area (Å²) in [5.74, 6) is 0.821. The van der Waals surface area contributed by atoms with Crippen LogP contribution in [0.25, 0.3) is 5.69 Å². The van der Waals surface area contributed by atoms with Gasteiger partial charge in [-0.05, 0) is 26.0 Å². The number of nitrogens with two attached hydrogens (primary N) is 1. The Kier molecular flexibility index (Phi) is 4.06. The molecule has 5 heteroatoms. The van der Waals surface area contributed by atoms with Gasteiger partial charge in [-0.2, -0.15) is 5.10 Å². The van der Waals surface area contributed by atoms with Crippen LogP contribution in [0.4, 0.5) is 5.69 Å². The standard InChI is InChI=1S/C14H20N4O/c1-10-14(16-8-7-15)11(2)18(17-10)12-5-4-6-13(9-12)19-3/h4-6,9,16H,7-8,15H2,1-3H3. The van der Waals surface area contributed by atoms with Gasteiger partial charge in [0.05, 0.1) is 29.9 Å². The average Bonchev–Trinajstić information content (AvgIpc) is 2.72. The first-order chi connectivity index (χ1) is 9.17. The molecule has 0 saturated heterocycles. The van der Waals surface area contributed by atoms with Gasteiger partial charge in [0.25, 0.3) is 0 Å². The van der Waals surface area contributed by atoms with Crippen LogP contribution in [0.15, 0.2) is 24.3 Å². The van der Waals surface area contributed by atoms with Crippen molar-refractivity contribution in [3.63, 3.8) is 0 Å². The zero-order valence-electron chi connectivity index (χ0n) is 11.6. The molecule has 0 radical (unpaired) electrons. The van der Waals surface area contributed by atoms with Crippen LogP contribution < -0.4 is 15.8 Å². The smallest absolute Gasteiger partial charge is 0.121 e. The van der Waals surface area contributed by atoms with Crippen LogP contribution in [-0.2, 0) is 0 Å². The Bertz CT molecular complexity index is 563. The van der Waals surface area contributed by atoms with Gasteiger partial charge in [-0.3, -0.25) is 0 Å². The largest absolute Gasteiger partial charge is 0.497 e. The van der Waals surface area contributed by atoms with Crippen molar-refractivity contribution in [2.45, 2.75) is 13.8 Å². The van der Waals surface area contributed by atoms with E-state index in [1.165, 1.54) is 0 Å². The molecular weight excluding hydrogens is 240 g/mol. The highest BCUT2D eigenvalue weighted by atomic mass is 16.5. The van der Waals surface area contributed by atoms with E-state index < -0.39 is 0 Å². The molecule has 0 amide bonds. The van der Waals surface area contributed by atoms with Gasteiger partial charge in [0.2, 0.25) is 0 Å². The van der Waals surface area contributed by atoms with E-state index in [1.807, 2.05) is 42.8 Å². The van der Waals surface area contributed by atoms with Gasteiger partial charge in [0.15, 0.2) is 0 Å². The minimum absolute atomic E-state index is 0.600. The fraction of sp³-hybridized carbons (Fsp3) is 0.357. The van der Waals surface area contributed by atoms with Crippen molar-refractivity contribution >= 4 is 5.69 Å². The average molecular weight is 260 g/mol. The van der Waals surface area contributed by atoms with Crippen LogP contribution >= 0.6 is 0 Å². The van der Waals surface area contributed by atoms with Crippen molar-refractivity contribution in [3.05, 3.63) is 35.7 Å². The molecule has 2 rings (SSSR count). The van der Waals surface area contributed by atoms with E-state index in [1.54, 1.807) is 7.11 Å². The van der Waals surface area contributed by atoms with E-state index in [2.05, 4.69) is 10.4 Å². The Hall–Kier alpha value is -2.01. The zero-order valence-corrected chi connectivity index (χ0v) is 11.6. The molecule has 0 saturated carbocycles. The zero-order chi connectivity index (χ0) is 13.8. The number of methoxy groups -OCH3 is 1. The van der Waals surface area contributed by atoms with Crippen molar-refractivity contribution in [1.82, 2.24) is 9.78 Å². The minimum Gasteiger partial charge on any atom is -0.497 e. The van der Waals surface area contributed by atoms with Gasteiger partial charge in [-0.15, -0.1) is 0 Å². The van der Waals surface area contributed by atoms with Gasteiger partial charge >= 0.3 is 0 Å². The predicted octanol–water partition coefficient (Wildman–Crippen LogP) is 1.87. The first-order valence-corrected chi connectivity index (χ1v) is 6.32. The van der Waals surface area contributed by atoms with Crippen LogP contribution in [0.5, 0.6) is 5.75 Å². The van der Waals surface area contributed by atoms with Crippen LogP contribution in [-0.4, -0.2) is 30.0 Å². The number of ether oxygens (including phenoxy) is 1. The summed E-state index contributed by atoms with van der Waals surface area (Å²) in [4.78, 5) is 0. The summed E-state index contributed by atoms with van der Waals surface area (Å²) in [6, 6.07) is 7.85. The lowest BCUT2D eigenvalue weighted by Gasteiger charge is -2.08. The number of hydrogen-bond acceptors (Lipinski definition) is 4. The summed E-state index contributed by atoms with van der Waals surface area (Å²) < 4.78 is 7.16. The topological polar surface area (TPSA) is 65.1 Å². The lowest BCUT2D eigenvalue weighted by Crippen LogP contribution is -2.14. The SMILES string of the molecule is COc1cccc(-n2nc(C)c(NCCN)c2C)c1. The maximum absolute atomic E-state index is 5.53. The monoisotopic (exact) mass is 260 g/mol. The fourth-order valence-corrected chi connectivity index (χ4v) is 2.09. The summed E-state index contributed by atoms with van der Waals surface area (Å²) in [5.41, 5.74) is 9.60. The predicted molar refractivity (Wildman–Crippen MR) is 77.1 cm³/mol. The third-order valence-corrected chi connectivity index (χ3v) is 3.04. The Morgan fingerprint density at radius 2 is 2.16 bits per heavy atom. The molecule has 19 heavy (non-hydrogen) atoms. The summed E-state index contributed by atoms with van der Waals surface area (Å²) in [5, 5.41) is 7.88. The Morgan fingerprint density at radius 3 is 2.84 bits per heavy atom. The van der Waals surface area contributed by atoms with Crippen molar-refractivity contribution in [2.75, 3.05) is 25.5 Å². The highest BCUT2D eigenvalue weighted by Gasteiger charge is 2.12. The fourth-order valence-electron chi connectivity index (χ4n) is 2.09. The molecule has 0 unspecified atom stereocenters. The van der Waals surface area contributed by atoms with E-state index in [-0.39, 0.29) is 0 Å². The molecule has 1 aromatic carbocycles. The molecule has 0 bridgehead atoms. The number of nitrogens with one attached hydrogen (secondary N) is 1. The molecule has 2 aromatic rings. The van der Waals surface area contributed by atoms with Crippen LogP contribution in [0.1, 0.15) is 11.4 Å². The van der Waals surface area contributed by atoms with E-state index in [0.29, 0.717) is 6.54 Å². The quantitative estimate of drug-likeness (QED) is 0.861. The van der Waals surface area contributed by atoms with E-state index in [0.717, 1.165) is 35.1 Å². The van der Waals surface area contributed by atoms with E-state index in [9.17, 15) is 0 Å². The summed E-state index contributed by atoms with van der Waals surface area (Å²) in [7, 11) is 1.66. The lowest BCUT2D eigenvalue weighted by molar-refractivity contribution is 0.414. The second kappa shape index (κ2) is 5.75. The molecule has 0 spiro atoms. The molecule has 3 N–H and O–H groups in total. The van der Waals surface area contributed by atoms with E-state index >= 15 is 0 Å². The third-order valence-electron chi connectivity index (χ3n) is 3.04. The van der Waals surface area contributed by atoms with Crippen molar-refractivity contribution in [2.24, 2.45) is 5.73 Å². The van der Waals surface area contributed by atoms with Crippen LogP contribution in [0.2, 0.25) is 0 Å². The number of aryl methyl sites for hydroxylation is 1. The summed E-state index contributed by atoms with van der Waals surface area (Å²) in [6.45, 7) is 5.37. The molecule has 5 nitrogen and oxygen atoms in total. The van der Waals surface area contributed by atoms with Gasteiger partial charge in [-0.25, -0.2) is 4.68 Å². The Balaban J connectivity index is 2.39. The van der Waals surface area contributed by atoms with Gasteiger partial charge < -0.3 is 15.8 Å². The second-order valence-corrected chi connectivity index (χ2v) is 4.37. The minimum atomic E-state index is 0.600. The number of rotatable bonds is 5.